The van der Waals surface area contributed by atoms with E-state index < -0.39 is 0 Å². The highest BCUT2D eigenvalue weighted by molar-refractivity contribution is 7.71. The van der Waals surface area contributed by atoms with Crippen LogP contribution >= 0.6 is 12.2 Å². The fourth-order valence-electron chi connectivity index (χ4n) is 2.92. The third-order valence-electron chi connectivity index (χ3n) is 3.90. The lowest BCUT2D eigenvalue weighted by molar-refractivity contribution is 0.0897. The second-order valence-electron chi connectivity index (χ2n) is 5.18. The zero-order valence-electron chi connectivity index (χ0n) is 11.0. The number of aromatic nitrogens is 2. The standard InChI is InChI=1S/C15H16N2O2S/c18-8-11-3-1-2-9-4-5-10(14(19)13(9)11)6-12-7-16-15(20)17-12/h1-3,7,10,18H,4-6,8H2,(H2,16,17,20). The number of benzene rings is 1. The van der Waals surface area contributed by atoms with Gasteiger partial charge in [0, 0.05) is 23.4 Å². The van der Waals surface area contributed by atoms with Gasteiger partial charge in [-0.05, 0) is 42.6 Å². The van der Waals surface area contributed by atoms with Crippen LogP contribution < -0.4 is 0 Å². The summed E-state index contributed by atoms with van der Waals surface area (Å²) in [6, 6.07) is 5.71. The second kappa shape index (κ2) is 5.34. The van der Waals surface area contributed by atoms with Crippen molar-refractivity contribution < 1.29 is 9.90 Å². The Hall–Kier alpha value is -1.72. The molecular weight excluding hydrogens is 272 g/mol. The molecule has 1 aliphatic carbocycles. The zero-order valence-corrected chi connectivity index (χ0v) is 11.8. The van der Waals surface area contributed by atoms with Crippen LogP contribution in [0.3, 0.4) is 0 Å². The maximum atomic E-state index is 12.6. The molecule has 0 amide bonds. The summed E-state index contributed by atoms with van der Waals surface area (Å²) in [6.45, 7) is -0.0891. The number of rotatable bonds is 3. The summed E-state index contributed by atoms with van der Waals surface area (Å²) >= 11 is 5.00. The first-order chi connectivity index (χ1) is 9.69. The number of fused-ring (bicyclic) bond motifs is 1. The van der Waals surface area contributed by atoms with Crippen LogP contribution in [0.15, 0.2) is 24.4 Å². The van der Waals surface area contributed by atoms with Crippen molar-refractivity contribution >= 4 is 18.0 Å². The largest absolute Gasteiger partial charge is 0.392 e. The van der Waals surface area contributed by atoms with Crippen LogP contribution in [0.2, 0.25) is 0 Å². The van der Waals surface area contributed by atoms with Crippen LogP contribution in [0, 0.1) is 10.7 Å². The van der Waals surface area contributed by atoms with Crippen molar-refractivity contribution in [1.82, 2.24) is 9.97 Å². The van der Waals surface area contributed by atoms with Crippen LogP contribution in [0.1, 0.15) is 33.6 Å². The minimum atomic E-state index is -0.0891. The lowest BCUT2D eigenvalue weighted by Crippen LogP contribution is -2.26. The number of aryl methyl sites for hydroxylation is 1. The van der Waals surface area contributed by atoms with E-state index in [1.165, 1.54) is 0 Å². The maximum Gasteiger partial charge on any atom is 0.174 e. The van der Waals surface area contributed by atoms with Crippen LogP contribution in [-0.2, 0) is 19.4 Å². The Kier molecular flexibility index (Phi) is 3.54. The van der Waals surface area contributed by atoms with E-state index in [1.54, 1.807) is 0 Å². The molecule has 1 heterocycles. The Labute approximate surface area is 121 Å². The maximum absolute atomic E-state index is 12.6. The molecule has 0 saturated heterocycles. The van der Waals surface area contributed by atoms with Crippen molar-refractivity contribution in [2.75, 3.05) is 0 Å². The van der Waals surface area contributed by atoms with Crippen LogP contribution in [-0.4, -0.2) is 20.9 Å². The van der Waals surface area contributed by atoms with Crippen LogP contribution in [0.4, 0.5) is 0 Å². The lowest BCUT2D eigenvalue weighted by atomic mass is 9.79. The molecule has 0 fully saturated rings. The highest BCUT2D eigenvalue weighted by Crippen LogP contribution is 2.30. The number of nitrogens with one attached hydrogen (secondary N) is 2. The van der Waals surface area contributed by atoms with Gasteiger partial charge in [-0.25, -0.2) is 0 Å². The third kappa shape index (κ3) is 2.34. The van der Waals surface area contributed by atoms with Gasteiger partial charge in [0.1, 0.15) is 0 Å². The first kappa shape index (κ1) is 13.3. The van der Waals surface area contributed by atoms with Crippen molar-refractivity contribution in [3.63, 3.8) is 0 Å². The molecule has 0 saturated carbocycles. The van der Waals surface area contributed by atoms with Gasteiger partial charge in [-0.15, -0.1) is 0 Å². The molecule has 4 nitrogen and oxygen atoms in total. The van der Waals surface area contributed by atoms with Gasteiger partial charge in [0.15, 0.2) is 10.6 Å². The summed E-state index contributed by atoms with van der Waals surface area (Å²) in [5.41, 5.74) is 3.47. The molecule has 0 aliphatic heterocycles. The van der Waals surface area contributed by atoms with E-state index >= 15 is 0 Å². The van der Waals surface area contributed by atoms with Crippen LogP contribution in [0.25, 0.3) is 0 Å². The minimum Gasteiger partial charge on any atom is -0.392 e. The van der Waals surface area contributed by atoms with Crippen molar-refractivity contribution in [1.29, 1.82) is 0 Å². The normalized spacial score (nSPS) is 18.1. The van der Waals surface area contributed by atoms with Gasteiger partial charge in [-0.2, -0.15) is 0 Å². The Morgan fingerprint density at radius 1 is 1.40 bits per heavy atom. The number of carbonyl (C=O) groups is 1. The van der Waals surface area contributed by atoms with Crippen molar-refractivity contribution in [2.24, 2.45) is 5.92 Å². The topological polar surface area (TPSA) is 68.9 Å². The van der Waals surface area contributed by atoms with E-state index in [0.29, 0.717) is 11.2 Å². The molecule has 1 unspecified atom stereocenters. The van der Waals surface area contributed by atoms with E-state index in [1.807, 2.05) is 24.4 Å². The smallest absolute Gasteiger partial charge is 0.174 e. The molecule has 5 heteroatoms. The number of carbonyl (C=O) groups excluding carboxylic acids is 1. The summed E-state index contributed by atoms with van der Waals surface area (Å²) in [4.78, 5) is 18.6. The van der Waals surface area contributed by atoms with E-state index in [2.05, 4.69) is 9.97 Å². The van der Waals surface area contributed by atoms with E-state index in [9.17, 15) is 9.90 Å². The Bertz CT molecular complexity index is 688. The number of H-pyrrole nitrogens is 2. The molecule has 1 atom stereocenters. The monoisotopic (exact) mass is 288 g/mol. The average molecular weight is 288 g/mol. The Morgan fingerprint density at radius 3 is 2.95 bits per heavy atom. The number of aliphatic hydroxyl groups is 1. The molecular formula is C15H16N2O2S. The minimum absolute atomic E-state index is 0.0448. The second-order valence-corrected chi connectivity index (χ2v) is 5.59. The quantitative estimate of drug-likeness (QED) is 0.760. The average Bonchev–Trinajstić information content (AvgIpc) is 2.86. The highest BCUT2D eigenvalue weighted by Gasteiger charge is 2.29. The van der Waals surface area contributed by atoms with E-state index in [-0.39, 0.29) is 18.3 Å². The zero-order chi connectivity index (χ0) is 14.1. The number of ketones is 1. The van der Waals surface area contributed by atoms with E-state index in [0.717, 1.165) is 35.2 Å². The molecule has 3 rings (SSSR count). The number of Topliss-reactive ketones (excluding diaryl/α,β-unsaturated/α-hetero) is 1. The first-order valence-corrected chi connectivity index (χ1v) is 7.12. The van der Waals surface area contributed by atoms with E-state index in [4.69, 9.17) is 12.2 Å². The lowest BCUT2D eigenvalue weighted by Gasteiger charge is -2.24. The molecule has 1 aromatic carbocycles. The summed E-state index contributed by atoms with van der Waals surface area (Å²) in [7, 11) is 0. The Morgan fingerprint density at radius 2 is 2.25 bits per heavy atom. The van der Waals surface area contributed by atoms with Crippen molar-refractivity contribution in [2.45, 2.75) is 25.9 Å². The molecule has 1 aliphatic rings. The summed E-state index contributed by atoms with van der Waals surface area (Å²) in [5, 5.41) is 9.41. The van der Waals surface area contributed by atoms with Gasteiger partial charge in [0.25, 0.3) is 0 Å². The fraction of sp³-hybridized carbons (Fsp3) is 0.333. The molecule has 0 spiro atoms. The third-order valence-corrected chi connectivity index (χ3v) is 4.12. The van der Waals surface area contributed by atoms with Crippen molar-refractivity contribution in [3.05, 3.63) is 51.6 Å². The SMILES string of the molecule is O=C1c2c(CO)cccc2CCC1Cc1c[nH]c(=S)[nH]1. The fourth-order valence-corrected chi connectivity index (χ4v) is 3.11. The summed E-state index contributed by atoms with van der Waals surface area (Å²) in [6.07, 6.45) is 4.20. The molecule has 20 heavy (non-hydrogen) atoms. The van der Waals surface area contributed by atoms with Gasteiger partial charge in [0.2, 0.25) is 0 Å². The molecule has 0 radical (unpaired) electrons. The van der Waals surface area contributed by atoms with Crippen molar-refractivity contribution in [3.8, 4) is 0 Å². The van der Waals surface area contributed by atoms with Gasteiger partial charge < -0.3 is 15.1 Å². The number of hydrogen-bond donors (Lipinski definition) is 3. The molecule has 3 N–H and O–H groups in total. The van der Waals surface area contributed by atoms with Crippen LogP contribution in [0.5, 0.6) is 0 Å². The molecule has 0 bridgehead atoms. The number of aliphatic hydroxyl groups excluding tert-OH is 1. The predicted octanol–water partition coefficient (Wildman–Crippen LogP) is 2.55. The Balaban J connectivity index is 1.90. The molecule has 2 aromatic rings. The van der Waals surface area contributed by atoms with Gasteiger partial charge >= 0.3 is 0 Å². The number of aromatic amines is 2. The summed E-state index contributed by atoms with van der Waals surface area (Å²) in [5.74, 6) is 0.0908. The first-order valence-electron chi connectivity index (χ1n) is 6.71. The van der Waals surface area contributed by atoms with Gasteiger partial charge in [-0.3, -0.25) is 4.79 Å². The number of hydrogen-bond acceptors (Lipinski definition) is 3. The molecule has 1 aromatic heterocycles. The molecule has 104 valence electrons. The van der Waals surface area contributed by atoms with Gasteiger partial charge in [-0.1, -0.05) is 18.2 Å². The number of imidazole rings is 1. The highest BCUT2D eigenvalue weighted by atomic mass is 32.1. The van der Waals surface area contributed by atoms with Gasteiger partial charge in [0.05, 0.1) is 6.61 Å². The predicted molar refractivity (Wildman–Crippen MR) is 78.2 cm³/mol. The summed E-state index contributed by atoms with van der Waals surface area (Å²) < 4.78 is 0.583.